The molecule has 5 nitrogen and oxygen atoms in total. The predicted octanol–water partition coefficient (Wildman–Crippen LogP) is 3.16. The molecule has 1 saturated carbocycles. The van der Waals surface area contributed by atoms with Gasteiger partial charge in [0.15, 0.2) is 0 Å². The van der Waals surface area contributed by atoms with Crippen molar-refractivity contribution in [3.05, 3.63) is 33.9 Å². The predicted molar refractivity (Wildman–Crippen MR) is 76.4 cm³/mol. The molecule has 0 amide bonds. The van der Waals surface area contributed by atoms with Crippen molar-refractivity contribution in [1.29, 1.82) is 5.26 Å². The van der Waals surface area contributed by atoms with Crippen LogP contribution in [0.4, 0.5) is 11.4 Å². The quantitative estimate of drug-likeness (QED) is 0.660. The lowest BCUT2D eigenvalue weighted by Gasteiger charge is -2.40. The van der Waals surface area contributed by atoms with Crippen LogP contribution >= 0.6 is 11.8 Å². The van der Waals surface area contributed by atoms with Crippen LogP contribution in [0.25, 0.3) is 0 Å². The molecule has 1 aromatic carbocycles. The van der Waals surface area contributed by atoms with Crippen LogP contribution in [-0.2, 0) is 0 Å². The zero-order chi connectivity index (χ0) is 13.9. The van der Waals surface area contributed by atoms with Gasteiger partial charge in [-0.2, -0.15) is 17.0 Å². The second-order valence-electron chi connectivity index (χ2n) is 4.70. The minimum atomic E-state index is -0.530. The first-order chi connectivity index (χ1) is 9.10. The van der Waals surface area contributed by atoms with Crippen LogP contribution in [0.5, 0.6) is 0 Å². The van der Waals surface area contributed by atoms with Crippen LogP contribution in [0.2, 0.25) is 0 Å². The molecule has 0 radical (unpaired) electrons. The van der Waals surface area contributed by atoms with Gasteiger partial charge in [0.1, 0.15) is 11.6 Å². The molecular formula is C13H15N3O2S. The van der Waals surface area contributed by atoms with Crippen LogP contribution < -0.4 is 5.32 Å². The fraction of sp³-hybridized carbons (Fsp3) is 0.462. The summed E-state index contributed by atoms with van der Waals surface area (Å²) in [5, 5.41) is 23.0. The van der Waals surface area contributed by atoms with E-state index in [0.29, 0.717) is 0 Å². The number of rotatable bonds is 5. The number of anilines is 1. The van der Waals surface area contributed by atoms with Gasteiger partial charge < -0.3 is 5.32 Å². The Morgan fingerprint density at radius 3 is 2.79 bits per heavy atom. The van der Waals surface area contributed by atoms with Gasteiger partial charge >= 0.3 is 0 Å². The van der Waals surface area contributed by atoms with E-state index in [-0.39, 0.29) is 16.0 Å². The lowest BCUT2D eigenvalue weighted by Crippen LogP contribution is -2.40. The maximum Gasteiger partial charge on any atom is 0.287 e. The van der Waals surface area contributed by atoms with E-state index in [0.717, 1.165) is 12.2 Å². The van der Waals surface area contributed by atoms with Gasteiger partial charge in [0, 0.05) is 23.0 Å². The zero-order valence-corrected chi connectivity index (χ0v) is 11.5. The molecule has 1 fully saturated rings. The van der Waals surface area contributed by atoms with Crippen molar-refractivity contribution in [2.75, 3.05) is 18.1 Å². The Bertz CT molecular complexity index is 530. The third-order valence-electron chi connectivity index (χ3n) is 3.63. The van der Waals surface area contributed by atoms with E-state index in [2.05, 4.69) is 11.6 Å². The highest BCUT2D eigenvalue weighted by atomic mass is 32.2. The maximum absolute atomic E-state index is 10.7. The third-order valence-corrected chi connectivity index (χ3v) is 5.04. The lowest BCUT2D eigenvalue weighted by molar-refractivity contribution is -0.385. The summed E-state index contributed by atoms with van der Waals surface area (Å²) >= 11 is 1.86. The number of hydrogen-bond acceptors (Lipinski definition) is 5. The fourth-order valence-electron chi connectivity index (χ4n) is 2.18. The highest BCUT2D eigenvalue weighted by Gasteiger charge is 2.35. The summed E-state index contributed by atoms with van der Waals surface area (Å²) in [6.45, 7) is 0.830. The van der Waals surface area contributed by atoms with E-state index in [1.165, 1.54) is 25.3 Å². The lowest BCUT2D eigenvalue weighted by atomic mass is 9.84. The molecule has 1 aromatic rings. The van der Waals surface area contributed by atoms with Crippen LogP contribution in [0.3, 0.4) is 0 Å². The Morgan fingerprint density at radius 1 is 1.58 bits per heavy atom. The molecule has 100 valence electrons. The average molecular weight is 277 g/mol. The van der Waals surface area contributed by atoms with Crippen molar-refractivity contribution in [2.45, 2.75) is 24.0 Å². The molecule has 0 heterocycles. The number of hydrogen-bond donors (Lipinski definition) is 1. The number of nitro benzene ring substituents is 1. The van der Waals surface area contributed by atoms with Gasteiger partial charge in [-0.15, -0.1) is 0 Å². The van der Waals surface area contributed by atoms with E-state index >= 15 is 0 Å². The van der Waals surface area contributed by atoms with Gasteiger partial charge in [-0.25, -0.2) is 0 Å². The second kappa shape index (κ2) is 5.49. The third kappa shape index (κ3) is 2.82. The van der Waals surface area contributed by atoms with E-state index in [4.69, 9.17) is 5.26 Å². The minimum absolute atomic E-state index is 0.0989. The molecule has 0 bridgehead atoms. The Kier molecular flexibility index (Phi) is 3.96. The summed E-state index contributed by atoms with van der Waals surface area (Å²) in [6, 6.07) is 6.46. The highest BCUT2D eigenvalue weighted by Crippen LogP contribution is 2.42. The van der Waals surface area contributed by atoms with Gasteiger partial charge in [-0.3, -0.25) is 10.1 Å². The van der Waals surface area contributed by atoms with Crippen molar-refractivity contribution >= 4 is 23.1 Å². The van der Waals surface area contributed by atoms with Gasteiger partial charge in [-0.1, -0.05) is 6.42 Å². The van der Waals surface area contributed by atoms with Crippen LogP contribution in [0, 0.1) is 21.4 Å². The summed E-state index contributed by atoms with van der Waals surface area (Å²) in [4.78, 5) is 10.2. The fourth-order valence-corrected chi connectivity index (χ4v) is 3.10. The van der Waals surface area contributed by atoms with Crippen molar-refractivity contribution in [3.63, 3.8) is 0 Å². The molecule has 0 spiro atoms. The molecule has 1 aliphatic carbocycles. The van der Waals surface area contributed by atoms with Crippen LogP contribution in [0.15, 0.2) is 18.2 Å². The first-order valence-corrected chi connectivity index (χ1v) is 7.30. The molecule has 0 aromatic heterocycles. The Hall–Kier alpha value is -1.74. The molecule has 0 unspecified atom stereocenters. The molecule has 0 atom stereocenters. The van der Waals surface area contributed by atoms with Crippen LogP contribution in [-0.4, -0.2) is 22.5 Å². The van der Waals surface area contributed by atoms with Gasteiger partial charge in [0.05, 0.1) is 4.92 Å². The van der Waals surface area contributed by atoms with Gasteiger partial charge in [-0.05, 0) is 31.2 Å². The van der Waals surface area contributed by atoms with Crippen molar-refractivity contribution in [3.8, 4) is 6.07 Å². The molecule has 0 aliphatic heterocycles. The first kappa shape index (κ1) is 13.7. The van der Waals surface area contributed by atoms with Crippen molar-refractivity contribution in [1.82, 2.24) is 0 Å². The summed E-state index contributed by atoms with van der Waals surface area (Å²) in [5.74, 6) is 0. The smallest absolute Gasteiger partial charge is 0.287 e. The topological polar surface area (TPSA) is 79.0 Å². The molecule has 0 saturated heterocycles. The number of nitrogens with zero attached hydrogens (tertiary/aromatic N) is 2. The molecule has 2 rings (SSSR count). The monoisotopic (exact) mass is 277 g/mol. The summed E-state index contributed by atoms with van der Waals surface area (Å²) in [6.07, 6.45) is 5.75. The normalized spacial score (nSPS) is 16.2. The molecule has 1 N–H and O–H groups in total. The molecule has 19 heavy (non-hydrogen) atoms. The number of benzene rings is 1. The minimum Gasteiger partial charge on any atom is -0.384 e. The Labute approximate surface area is 116 Å². The van der Waals surface area contributed by atoms with E-state index in [9.17, 15) is 10.1 Å². The van der Waals surface area contributed by atoms with E-state index in [1.54, 1.807) is 12.1 Å². The molecule has 6 heteroatoms. The Balaban J connectivity index is 2.10. The number of nitro groups is 1. The van der Waals surface area contributed by atoms with Crippen LogP contribution in [0.1, 0.15) is 24.8 Å². The standard InChI is InChI=1S/C13H15N3O2S/c1-19-13(5-2-6-13)9-15-11-3-4-12(16(17)18)10(7-11)8-14/h3-4,7,15H,2,5-6,9H2,1H3. The maximum atomic E-state index is 10.7. The van der Waals surface area contributed by atoms with Gasteiger partial charge in [0.2, 0.25) is 0 Å². The first-order valence-electron chi connectivity index (χ1n) is 6.08. The van der Waals surface area contributed by atoms with Crippen molar-refractivity contribution in [2.24, 2.45) is 0 Å². The zero-order valence-electron chi connectivity index (χ0n) is 10.7. The summed E-state index contributed by atoms with van der Waals surface area (Å²) in [7, 11) is 0. The number of nitriles is 1. The summed E-state index contributed by atoms with van der Waals surface area (Å²) < 4.78 is 0.286. The average Bonchev–Trinajstić information content (AvgIpc) is 2.37. The van der Waals surface area contributed by atoms with E-state index < -0.39 is 4.92 Å². The molecular weight excluding hydrogens is 262 g/mol. The second-order valence-corrected chi connectivity index (χ2v) is 5.97. The van der Waals surface area contributed by atoms with E-state index in [1.807, 2.05) is 17.8 Å². The van der Waals surface area contributed by atoms with Gasteiger partial charge in [0.25, 0.3) is 5.69 Å². The summed E-state index contributed by atoms with van der Waals surface area (Å²) in [5.41, 5.74) is 0.723. The Morgan fingerprint density at radius 2 is 2.32 bits per heavy atom. The highest BCUT2D eigenvalue weighted by molar-refractivity contribution is 8.00. The SMILES string of the molecule is CSC1(CNc2ccc([N+](=O)[O-])c(C#N)c2)CCC1. The number of nitrogens with one attached hydrogen (secondary N) is 1. The van der Waals surface area contributed by atoms with Crippen molar-refractivity contribution < 1.29 is 4.92 Å². The largest absolute Gasteiger partial charge is 0.384 e. The number of thioether (sulfide) groups is 1. The molecule has 1 aliphatic rings.